The van der Waals surface area contributed by atoms with Crippen molar-refractivity contribution in [2.45, 2.75) is 72.7 Å². The SMILES string of the molecule is CC(C)CC(C)OCCn1cc(CNC(C)(C)C)nn1. The first-order valence-electron chi connectivity index (χ1n) is 7.52. The molecule has 5 nitrogen and oxygen atoms in total. The molecular formula is C15H30N4O. The molecule has 1 aromatic rings. The van der Waals surface area contributed by atoms with Gasteiger partial charge in [-0.3, -0.25) is 0 Å². The molecule has 0 spiro atoms. The second-order valence-electron chi connectivity index (χ2n) is 6.89. The van der Waals surface area contributed by atoms with E-state index < -0.39 is 0 Å². The zero-order valence-corrected chi connectivity index (χ0v) is 13.8. The molecule has 0 aromatic carbocycles. The van der Waals surface area contributed by atoms with Crippen molar-refractivity contribution in [2.24, 2.45) is 5.92 Å². The van der Waals surface area contributed by atoms with Crippen molar-refractivity contribution in [2.75, 3.05) is 6.61 Å². The van der Waals surface area contributed by atoms with Crippen LogP contribution < -0.4 is 5.32 Å². The molecule has 0 aliphatic rings. The van der Waals surface area contributed by atoms with E-state index in [1.54, 1.807) is 0 Å². The monoisotopic (exact) mass is 282 g/mol. The number of hydrogen-bond acceptors (Lipinski definition) is 4. The van der Waals surface area contributed by atoms with E-state index in [1.165, 1.54) is 0 Å². The van der Waals surface area contributed by atoms with Crippen LogP contribution in [0.4, 0.5) is 0 Å². The van der Waals surface area contributed by atoms with Crippen LogP contribution in [0.5, 0.6) is 0 Å². The minimum Gasteiger partial charge on any atom is -0.377 e. The molecule has 1 atom stereocenters. The highest BCUT2D eigenvalue weighted by Crippen LogP contribution is 2.07. The van der Waals surface area contributed by atoms with Crippen molar-refractivity contribution in [1.82, 2.24) is 20.3 Å². The van der Waals surface area contributed by atoms with Gasteiger partial charge in [-0.2, -0.15) is 0 Å². The first kappa shape index (κ1) is 17.1. The van der Waals surface area contributed by atoms with Gasteiger partial charge in [-0.15, -0.1) is 5.10 Å². The molecule has 0 saturated carbocycles. The lowest BCUT2D eigenvalue weighted by molar-refractivity contribution is 0.0452. The fraction of sp³-hybridized carbons (Fsp3) is 0.867. The van der Waals surface area contributed by atoms with Crippen LogP contribution in [0.15, 0.2) is 6.20 Å². The maximum absolute atomic E-state index is 5.78. The Bertz CT molecular complexity index is 381. The zero-order chi connectivity index (χ0) is 15.2. The maximum Gasteiger partial charge on any atom is 0.0965 e. The molecule has 116 valence electrons. The highest BCUT2D eigenvalue weighted by Gasteiger charge is 2.10. The maximum atomic E-state index is 5.78. The molecule has 0 fully saturated rings. The average molecular weight is 282 g/mol. The van der Waals surface area contributed by atoms with Gasteiger partial charge >= 0.3 is 0 Å². The molecule has 0 aliphatic heterocycles. The largest absolute Gasteiger partial charge is 0.377 e. The molecular weight excluding hydrogens is 252 g/mol. The van der Waals surface area contributed by atoms with E-state index in [0.29, 0.717) is 18.6 Å². The Morgan fingerprint density at radius 1 is 1.30 bits per heavy atom. The predicted octanol–water partition coefficient (Wildman–Crippen LogP) is 2.62. The summed E-state index contributed by atoms with van der Waals surface area (Å²) < 4.78 is 7.62. The van der Waals surface area contributed by atoms with Gasteiger partial charge in [0.2, 0.25) is 0 Å². The summed E-state index contributed by atoms with van der Waals surface area (Å²) in [5.74, 6) is 0.673. The minimum absolute atomic E-state index is 0.0964. The lowest BCUT2D eigenvalue weighted by Gasteiger charge is -2.19. The number of hydrogen-bond donors (Lipinski definition) is 1. The van der Waals surface area contributed by atoms with Crippen LogP contribution in [-0.4, -0.2) is 33.2 Å². The van der Waals surface area contributed by atoms with E-state index in [9.17, 15) is 0 Å². The van der Waals surface area contributed by atoms with Crippen LogP contribution >= 0.6 is 0 Å². The standard InChI is InChI=1S/C15H30N4O/c1-12(2)9-13(3)20-8-7-19-11-14(17-18-19)10-16-15(4,5)6/h11-13,16H,7-10H2,1-6H3. The smallest absolute Gasteiger partial charge is 0.0965 e. The van der Waals surface area contributed by atoms with Gasteiger partial charge in [0.05, 0.1) is 24.9 Å². The highest BCUT2D eigenvalue weighted by atomic mass is 16.5. The molecule has 5 heteroatoms. The third-order valence-electron chi connectivity index (χ3n) is 2.91. The van der Waals surface area contributed by atoms with E-state index in [0.717, 1.165) is 25.2 Å². The van der Waals surface area contributed by atoms with Gasteiger partial charge in [-0.1, -0.05) is 19.1 Å². The summed E-state index contributed by atoms with van der Waals surface area (Å²) in [5, 5.41) is 11.7. The molecule has 1 N–H and O–H groups in total. The first-order valence-corrected chi connectivity index (χ1v) is 7.52. The molecule has 1 heterocycles. The summed E-state index contributed by atoms with van der Waals surface area (Å²) >= 11 is 0. The van der Waals surface area contributed by atoms with Crippen LogP contribution in [0, 0.1) is 5.92 Å². The van der Waals surface area contributed by atoms with Gasteiger partial charge in [0.1, 0.15) is 0 Å². The van der Waals surface area contributed by atoms with Gasteiger partial charge in [-0.25, -0.2) is 4.68 Å². The van der Waals surface area contributed by atoms with Gasteiger partial charge in [0, 0.05) is 18.3 Å². The molecule has 0 saturated heterocycles. The Morgan fingerprint density at radius 3 is 2.60 bits per heavy atom. The van der Waals surface area contributed by atoms with Crippen LogP contribution in [0.1, 0.15) is 53.7 Å². The molecule has 0 bridgehead atoms. The Hall–Kier alpha value is -0.940. The fourth-order valence-corrected chi connectivity index (χ4v) is 1.96. The molecule has 0 amide bonds. The Balaban J connectivity index is 2.27. The number of ether oxygens (including phenoxy) is 1. The summed E-state index contributed by atoms with van der Waals surface area (Å²) in [4.78, 5) is 0. The molecule has 1 rings (SSSR count). The second-order valence-corrected chi connectivity index (χ2v) is 6.89. The molecule has 0 radical (unpaired) electrons. The molecule has 1 aromatic heterocycles. The van der Waals surface area contributed by atoms with Crippen molar-refractivity contribution in [3.05, 3.63) is 11.9 Å². The topological polar surface area (TPSA) is 52.0 Å². The predicted molar refractivity (Wildman–Crippen MR) is 81.5 cm³/mol. The van der Waals surface area contributed by atoms with Gasteiger partial charge < -0.3 is 10.1 Å². The van der Waals surface area contributed by atoms with Gasteiger partial charge in [-0.05, 0) is 40.0 Å². The van der Waals surface area contributed by atoms with E-state index in [-0.39, 0.29) is 5.54 Å². The van der Waals surface area contributed by atoms with Gasteiger partial charge in [0.25, 0.3) is 0 Å². The average Bonchev–Trinajstić information content (AvgIpc) is 2.72. The van der Waals surface area contributed by atoms with Crippen molar-refractivity contribution in [3.8, 4) is 0 Å². The normalized spacial score (nSPS) is 13.9. The number of aromatic nitrogens is 3. The summed E-state index contributed by atoms with van der Waals surface area (Å²) in [6, 6.07) is 0. The van der Waals surface area contributed by atoms with Crippen molar-refractivity contribution in [1.29, 1.82) is 0 Å². The zero-order valence-electron chi connectivity index (χ0n) is 13.8. The van der Waals surface area contributed by atoms with Crippen molar-refractivity contribution in [3.63, 3.8) is 0 Å². The summed E-state index contributed by atoms with van der Waals surface area (Å²) in [5.41, 5.74) is 1.06. The van der Waals surface area contributed by atoms with E-state index in [2.05, 4.69) is 57.2 Å². The van der Waals surface area contributed by atoms with E-state index >= 15 is 0 Å². The fourth-order valence-electron chi connectivity index (χ4n) is 1.96. The number of nitrogens with one attached hydrogen (secondary N) is 1. The van der Waals surface area contributed by atoms with Crippen LogP contribution in [0.3, 0.4) is 0 Å². The van der Waals surface area contributed by atoms with Crippen molar-refractivity contribution < 1.29 is 4.74 Å². The Labute approximate surface area is 123 Å². The molecule has 1 unspecified atom stereocenters. The minimum atomic E-state index is 0.0964. The number of rotatable bonds is 8. The molecule has 0 aliphatic carbocycles. The summed E-state index contributed by atoms with van der Waals surface area (Å²) in [6.45, 7) is 15.2. The highest BCUT2D eigenvalue weighted by molar-refractivity contribution is 4.92. The third-order valence-corrected chi connectivity index (χ3v) is 2.91. The number of nitrogens with zero attached hydrogens (tertiary/aromatic N) is 3. The van der Waals surface area contributed by atoms with Crippen LogP contribution in [0.25, 0.3) is 0 Å². The first-order chi connectivity index (χ1) is 9.26. The lowest BCUT2D eigenvalue weighted by atomic mass is 10.1. The van der Waals surface area contributed by atoms with Crippen molar-refractivity contribution >= 4 is 0 Å². The van der Waals surface area contributed by atoms with Crippen LogP contribution in [0.2, 0.25) is 0 Å². The van der Waals surface area contributed by atoms with E-state index in [1.807, 2.05) is 10.9 Å². The lowest BCUT2D eigenvalue weighted by Crippen LogP contribution is -2.35. The van der Waals surface area contributed by atoms with Gasteiger partial charge in [0.15, 0.2) is 0 Å². The third kappa shape index (κ3) is 7.60. The Morgan fingerprint density at radius 2 is 2.00 bits per heavy atom. The summed E-state index contributed by atoms with van der Waals surface area (Å²) in [6.07, 6.45) is 3.38. The quantitative estimate of drug-likeness (QED) is 0.796. The molecule has 20 heavy (non-hydrogen) atoms. The summed E-state index contributed by atoms with van der Waals surface area (Å²) in [7, 11) is 0. The van der Waals surface area contributed by atoms with E-state index in [4.69, 9.17) is 4.74 Å². The van der Waals surface area contributed by atoms with Crippen LogP contribution in [-0.2, 0) is 17.8 Å². The second kappa shape index (κ2) is 7.74. The Kier molecular flexibility index (Phi) is 6.62.